The van der Waals surface area contributed by atoms with Crippen molar-refractivity contribution in [3.05, 3.63) is 34.6 Å². The Bertz CT molecular complexity index is 404. The van der Waals surface area contributed by atoms with E-state index in [1.807, 2.05) is 6.92 Å². The highest BCUT2D eigenvalue weighted by atomic mass is 19.1. The Balaban J connectivity index is 3.08. The second-order valence-corrected chi connectivity index (χ2v) is 3.86. The number of hydrogen-bond acceptors (Lipinski definition) is 2. The maximum atomic E-state index is 13.4. The molecular weight excluding hydrogens is 209 g/mol. The van der Waals surface area contributed by atoms with Crippen LogP contribution in [0.2, 0.25) is 0 Å². The summed E-state index contributed by atoms with van der Waals surface area (Å²) >= 11 is 0. The predicted molar refractivity (Wildman–Crippen MR) is 59.7 cm³/mol. The first kappa shape index (κ1) is 12.6. The van der Waals surface area contributed by atoms with Crippen molar-refractivity contribution >= 4 is 5.97 Å². The minimum Gasteiger partial charge on any atom is -0.481 e. The number of hydrogen-bond donors (Lipinski definition) is 2. The monoisotopic (exact) mass is 225 g/mol. The molecule has 1 aromatic rings. The maximum absolute atomic E-state index is 13.4. The number of carboxylic acids is 1. The molecule has 0 aliphatic carbocycles. The maximum Gasteiger partial charge on any atom is 0.305 e. The number of carbonyl (C=O) groups is 1. The lowest BCUT2D eigenvalue weighted by atomic mass is 9.96. The Kier molecular flexibility index (Phi) is 4.01. The molecule has 0 aliphatic rings. The summed E-state index contributed by atoms with van der Waals surface area (Å²) in [6, 6.07) is 2.50. The molecule has 0 fully saturated rings. The lowest BCUT2D eigenvalue weighted by Gasteiger charge is -2.14. The first-order chi connectivity index (χ1) is 7.45. The van der Waals surface area contributed by atoms with Crippen molar-refractivity contribution in [2.24, 2.45) is 5.73 Å². The second-order valence-electron chi connectivity index (χ2n) is 3.86. The van der Waals surface area contributed by atoms with Crippen LogP contribution in [-0.4, -0.2) is 11.1 Å². The van der Waals surface area contributed by atoms with E-state index in [0.29, 0.717) is 23.1 Å². The third-order valence-electron chi connectivity index (χ3n) is 2.61. The molecule has 0 aliphatic heterocycles. The molecular formula is C12H16FNO2. The van der Waals surface area contributed by atoms with Gasteiger partial charge in [-0.15, -0.1) is 0 Å². The number of carboxylic acid groups (broad SMARTS) is 1. The van der Waals surface area contributed by atoms with E-state index < -0.39 is 12.0 Å². The Labute approximate surface area is 94.1 Å². The largest absolute Gasteiger partial charge is 0.481 e. The molecule has 88 valence electrons. The predicted octanol–water partition coefficient (Wildman–Crippen LogP) is 2.17. The Morgan fingerprint density at radius 2 is 2.19 bits per heavy atom. The molecule has 4 heteroatoms. The normalized spacial score (nSPS) is 12.5. The van der Waals surface area contributed by atoms with Gasteiger partial charge in [-0.25, -0.2) is 4.39 Å². The van der Waals surface area contributed by atoms with E-state index in [1.165, 1.54) is 6.07 Å². The van der Waals surface area contributed by atoms with Crippen LogP contribution in [-0.2, 0) is 11.2 Å². The van der Waals surface area contributed by atoms with Crippen LogP contribution in [0, 0.1) is 12.7 Å². The molecule has 16 heavy (non-hydrogen) atoms. The van der Waals surface area contributed by atoms with E-state index in [4.69, 9.17) is 10.8 Å². The number of aliphatic carboxylic acids is 1. The fourth-order valence-electron chi connectivity index (χ4n) is 1.71. The lowest BCUT2D eigenvalue weighted by molar-refractivity contribution is -0.137. The van der Waals surface area contributed by atoms with Gasteiger partial charge in [0, 0.05) is 6.04 Å². The number of rotatable bonds is 4. The summed E-state index contributed by atoms with van der Waals surface area (Å²) in [7, 11) is 0. The smallest absolute Gasteiger partial charge is 0.305 e. The van der Waals surface area contributed by atoms with Gasteiger partial charge in [-0.2, -0.15) is 0 Å². The SMILES string of the molecule is CCc1cc(C(N)CC(=O)O)c(C)cc1F. The molecule has 0 saturated heterocycles. The van der Waals surface area contributed by atoms with Crippen LogP contribution in [0.15, 0.2) is 12.1 Å². The van der Waals surface area contributed by atoms with Crippen LogP contribution >= 0.6 is 0 Å². The average molecular weight is 225 g/mol. The molecule has 1 unspecified atom stereocenters. The van der Waals surface area contributed by atoms with Gasteiger partial charge in [-0.3, -0.25) is 4.79 Å². The van der Waals surface area contributed by atoms with Gasteiger partial charge in [0.2, 0.25) is 0 Å². The summed E-state index contributed by atoms with van der Waals surface area (Å²) < 4.78 is 13.4. The molecule has 0 aromatic heterocycles. The van der Waals surface area contributed by atoms with Crippen molar-refractivity contribution in [2.45, 2.75) is 32.7 Å². The number of aryl methyl sites for hydroxylation is 2. The molecule has 3 N–H and O–H groups in total. The van der Waals surface area contributed by atoms with E-state index in [0.717, 1.165) is 0 Å². The zero-order valence-electron chi connectivity index (χ0n) is 9.46. The van der Waals surface area contributed by atoms with Gasteiger partial charge in [0.1, 0.15) is 5.82 Å². The summed E-state index contributed by atoms with van der Waals surface area (Å²) in [6.45, 7) is 3.58. The van der Waals surface area contributed by atoms with Gasteiger partial charge in [0.05, 0.1) is 6.42 Å². The molecule has 1 atom stereocenters. The third kappa shape index (κ3) is 2.79. The highest BCUT2D eigenvalue weighted by molar-refractivity contribution is 5.68. The first-order valence-electron chi connectivity index (χ1n) is 5.22. The van der Waals surface area contributed by atoms with Crippen LogP contribution in [0.25, 0.3) is 0 Å². The summed E-state index contributed by atoms with van der Waals surface area (Å²) in [4.78, 5) is 10.6. The van der Waals surface area contributed by atoms with Gasteiger partial charge in [0.15, 0.2) is 0 Å². The Hall–Kier alpha value is -1.42. The first-order valence-corrected chi connectivity index (χ1v) is 5.22. The quantitative estimate of drug-likeness (QED) is 0.825. The van der Waals surface area contributed by atoms with Gasteiger partial charge >= 0.3 is 5.97 Å². The molecule has 0 bridgehead atoms. The van der Waals surface area contributed by atoms with Crippen molar-refractivity contribution in [2.75, 3.05) is 0 Å². The van der Waals surface area contributed by atoms with Gasteiger partial charge in [0.25, 0.3) is 0 Å². The topological polar surface area (TPSA) is 63.3 Å². The highest BCUT2D eigenvalue weighted by Gasteiger charge is 2.15. The third-order valence-corrected chi connectivity index (χ3v) is 2.61. The van der Waals surface area contributed by atoms with E-state index in [9.17, 15) is 9.18 Å². The molecule has 1 rings (SSSR count). The molecule has 0 spiro atoms. The van der Waals surface area contributed by atoms with Crippen LogP contribution in [0.3, 0.4) is 0 Å². The van der Waals surface area contributed by atoms with Gasteiger partial charge in [-0.1, -0.05) is 13.0 Å². The fourth-order valence-corrected chi connectivity index (χ4v) is 1.71. The second kappa shape index (κ2) is 5.07. The van der Waals surface area contributed by atoms with Crippen LogP contribution in [0.4, 0.5) is 4.39 Å². The molecule has 0 radical (unpaired) electrons. The lowest BCUT2D eigenvalue weighted by Crippen LogP contribution is -2.16. The van der Waals surface area contributed by atoms with Crippen molar-refractivity contribution in [3.63, 3.8) is 0 Å². The fraction of sp³-hybridized carbons (Fsp3) is 0.417. The van der Waals surface area contributed by atoms with Crippen molar-refractivity contribution in [3.8, 4) is 0 Å². The van der Waals surface area contributed by atoms with Crippen LogP contribution < -0.4 is 5.73 Å². The molecule has 0 heterocycles. The molecule has 3 nitrogen and oxygen atoms in total. The van der Waals surface area contributed by atoms with E-state index in [-0.39, 0.29) is 12.2 Å². The summed E-state index contributed by atoms with van der Waals surface area (Å²) in [5, 5.41) is 8.66. The van der Waals surface area contributed by atoms with E-state index in [1.54, 1.807) is 13.0 Å². The van der Waals surface area contributed by atoms with Gasteiger partial charge < -0.3 is 10.8 Å². The summed E-state index contributed by atoms with van der Waals surface area (Å²) in [5.41, 5.74) is 7.74. The number of benzene rings is 1. The minimum absolute atomic E-state index is 0.143. The van der Waals surface area contributed by atoms with Crippen LogP contribution in [0.5, 0.6) is 0 Å². The standard InChI is InChI=1S/C12H16FNO2/c1-3-8-5-9(7(2)4-10(8)13)11(14)6-12(15)16/h4-5,11H,3,6,14H2,1-2H3,(H,15,16). The molecule has 0 amide bonds. The number of halogens is 1. The summed E-state index contributed by atoms with van der Waals surface area (Å²) in [5.74, 6) is -1.21. The summed E-state index contributed by atoms with van der Waals surface area (Å²) in [6.07, 6.45) is 0.425. The van der Waals surface area contributed by atoms with E-state index >= 15 is 0 Å². The van der Waals surface area contributed by atoms with Crippen molar-refractivity contribution in [1.82, 2.24) is 0 Å². The van der Waals surface area contributed by atoms with Crippen LogP contribution in [0.1, 0.15) is 36.1 Å². The zero-order valence-corrected chi connectivity index (χ0v) is 9.46. The van der Waals surface area contributed by atoms with Crippen molar-refractivity contribution in [1.29, 1.82) is 0 Å². The minimum atomic E-state index is -0.950. The molecule has 1 aromatic carbocycles. The van der Waals surface area contributed by atoms with E-state index in [2.05, 4.69) is 0 Å². The Morgan fingerprint density at radius 1 is 1.56 bits per heavy atom. The Morgan fingerprint density at radius 3 is 2.69 bits per heavy atom. The van der Waals surface area contributed by atoms with Gasteiger partial charge in [-0.05, 0) is 36.1 Å². The average Bonchev–Trinajstić information content (AvgIpc) is 2.16. The molecule has 0 saturated carbocycles. The zero-order chi connectivity index (χ0) is 12.3. The number of nitrogens with two attached hydrogens (primary N) is 1. The highest BCUT2D eigenvalue weighted by Crippen LogP contribution is 2.22. The van der Waals surface area contributed by atoms with Crippen molar-refractivity contribution < 1.29 is 14.3 Å².